The van der Waals surface area contributed by atoms with Crippen LogP contribution in [0.25, 0.3) is 21.8 Å². The van der Waals surface area contributed by atoms with E-state index in [0.29, 0.717) is 5.15 Å². The van der Waals surface area contributed by atoms with Crippen LogP contribution in [-0.2, 0) is 13.0 Å². The summed E-state index contributed by atoms with van der Waals surface area (Å²) in [5.74, 6) is 0. The zero-order chi connectivity index (χ0) is 17.2. The van der Waals surface area contributed by atoms with Gasteiger partial charge in [0.25, 0.3) is 0 Å². The van der Waals surface area contributed by atoms with E-state index in [1.54, 1.807) is 0 Å². The lowest BCUT2D eigenvalue weighted by atomic mass is 10.1. The average Bonchev–Trinajstić information content (AvgIpc) is 3.02. The number of para-hydroxylation sites is 1. The normalized spacial score (nSPS) is 11.4. The monoisotopic (exact) mass is 349 g/mol. The number of H-pyrrole nitrogens is 1. The van der Waals surface area contributed by atoms with Gasteiger partial charge in [-0.15, -0.1) is 0 Å². The van der Waals surface area contributed by atoms with Crippen LogP contribution in [0.3, 0.4) is 0 Å². The average molecular weight is 350 g/mol. The van der Waals surface area contributed by atoms with Gasteiger partial charge in [0.2, 0.25) is 0 Å². The van der Waals surface area contributed by atoms with Crippen molar-refractivity contribution in [3.63, 3.8) is 0 Å². The highest BCUT2D eigenvalue weighted by Crippen LogP contribution is 2.22. The van der Waals surface area contributed by atoms with Crippen LogP contribution >= 0.6 is 11.6 Å². The van der Waals surface area contributed by atoms with Crippen molar-refractivity contribution < 1.29 is 0 Å². The molecule has 0 aliphatic heterocycles. The lowest BCUT2D eigenvalue weighted by Crippen LogP contribution is -2.17. The molecule has 0 bridgehead atoms. The second-order valence-corrected chi connectivity index (χ2v) is 6.78. The fourth-order valence-corrected chi connectivity index (χ4v) is 3.42. The smallest absolute Gasteiger partial charge is 0.134 e. The van der Waals surface area contributed by atoms with Crippen molar-refractivity contribution in [2.24, 2.45) is 0 Å². The Morgan fingerprint density at radius 3 is 2.88 bits per heavy atom. The number of nitrogens with one attached hydrogen (secondary N) is 2. The van der Waals surface area contributed by atoms with Gasteiger partial charge in [0.1, 0.15) is 5.15 Å². The Balaban J connectivity index is 1.42. The van der Waals surface area contributed by atoms with E-state index in [-0.39, 0.29) is 0 Å². The number of aryl methyl sites for hydroxylation is 1. The molecule has 0 amide bonds. The molecule has 126 valence electrons. The highest BCUT2D eigenvalue weighted by Gasteiger charge is 2.06. The summed E-state index contributed by atoms with van der Waals surface area (Å²) in [6, 6.07) is 16.8. The predicted molar refractivity (Wildman–Crippen MR) is 105 cm³/mol. The topological polar surface area (TPSA) is 40.7 Å². The zero-order valence-corrected chi connectivity index (χ0v) is 14.9. The first-order valence-electron chi connectivity index (χ1n) is 8.52. The van der Waals surface area contributed by atoms with Gasteiger partial charge in [-0.3, -0.25) is 0 Å². The van der Waals surface area contributed by atoms with Crippen molar-refractivity contribution >= 4 is 33.4 Å². The van der Waals surface area contributed by atoms with Crippen LogP contribution in [0.15, 0.2) is 54.7 Å². The molecule has 0 unspecified atom stereocenters. The summed E-state index contributed by atoms with van der Waals surface area (Å²) in [4.78, 5) is 7.85. The van der Waals surface area contributed by atoms with Crippen LogP contribution in [0.2, 0.25) is 5.15 Å². The lowest BCUT2D eigenvalue weighted by molar-refractivity contribution is 0.687. The number of hydrogen-bond acceptors (Lipinski definition) is 2. The molecular weight excluding hydrogens is 330 g/mol. The van der Waals surface area contributed by atoms with E-state index < -0.39 is 0 Å². The number of pyridine rings is 1. The molecular formula is C21H20ClN3. The Hall–Kier alpha value is -2.36. The minimum absolute atomic E-state index is 0.581. The molecule has 0 atom stereocenters. The molecule has 3 nitrogen and oxygen atoms in total. The van der Waals surface area contributed by atoms with Gasteiger partial charge >= 0.3 is 0 Å². The lowest BCUT2D eigenvalue weighted by Gasteiger charge is -2.08. The number of halogens is 1. The van der Waals surface area contributed by atoms with Gasteiger partial charge in [0.15, 0.2) is 0 Å². The number of nitrogens with zero attached hydrogens (tertiary/aromatic N) is 1. The van der Waals surface area contributed by atoms with Gasteiger partial charge in [-0.1, -0.05) is 41.9 Å². The Morgan fingerprint density at radius 2 is 1.96 bits per heavy atom. The fraction of sp³-hybridized carbons (Fsp3) is 0.190. The Morgan fingerprint density at radius 1 is 1.08 bits per heavy atom. The second kappa shape index (κ2) is 6.87. The standard InChI is InChI=1S/C21H20ClN3/c1-14-6-7-15-11-17(21(22)25-20(15)10-14)12-23-9-8-16-13-24-19-5-3-2-4-18(16)19/h2-7,10-11,13,23-24H,8-9,12H2,1H3. The Labute approximate surface area is 152 Å². The van der Waals surface area contributed by atoms with Crippen molar-refractivity contribution in [1.29, 1.82) is 0 Å². The third-order valence-electron chi connectivity index (χ3n) is 4.56. The first-order valence-corrected chi connectivity index (χ1v) is 8.90. The quantitative estimate of drug-likeness (QED) is 0.393. The predicted octanol–water partition coefficient (Wildman–Crippen LogP) is 5.01. The molecule has 2 N–H and O–H groups in total. The van der Waals surface area contributed by atoms with Gasteiger partial charge < -0.3 is 10.3 Å². The van der Waals surface area contributed by atoms with Crippen LogP contribution < -0.4 is 5.32 Å². The van der Waals surface area contributed by atoms with Crippen molar-refractivity contribution in [2.75, 3.05) is 6.54 Å². The fourth-order valence-electron chi connectivity index (χ4n) is 3.21. The van der Waals surface area contributed by atoms with Crippen LogP contribution in [0.1, 0.15) is 16.7 Å². The molecule has 0 saturated carbocycles. The second-order valence-electron chi connectivity index (χ2n) is 6.42. The number of benzene rings is 2. The van der Waals surface area contributed by atoms with Gasteiger partial charge in [-0.2, -0.15) is 0 Å². The summed E-state index contributed by atoms with van der Waals surface area (Å²) >= 11 is 6.36. The van der Waals surface area contributed by atoms with Crippen LogP contribution in [0, 0.1) is 6.92 Å². The number of aromatic nitrogens is 2. The van der Waals surface area contributed by atoms with Crippen LogP contribution in [0.5, 0.6) is 0 Å². The molecule has 4 aromatic rings. The Kier molecular flexibility index (Phi) is 4.43. The maximum atomic E-state index is 6.36. The van der Waals surface area contributed by atoms with E-state index in [1.165, 1.54) is 22.0 Å². The maximum absolute atomic E-state index is 6.36. The molecule has 2 heterocycles. The van der Waals surface area contributed by atoms with E-state index in [4.69, 9.17) is 11.6 Å². The number of hydrogen-bond donors (Lipinski definition) is 2. The molecule has 0 saturated heterocycles. The van der Waals surface area contributed by atoms with Gasteiger partial charge in [0.05, 0.1) is 5.52 Å². The highest BCUT2D eigenvalue weighted by molar-refractivity contribution is 6.30. The van der Waals surface area contributed by atoms with E-state index in [0.717, 1.165) is 36.0 Å². The molecule has 0 radical (unpaired) electrons. The van der Waals surface area contributed by atoms with Gasteiger partial charge in [-0.05, 0) is 49.2 Å². The van der Waals surface area contributed by atoms with Crippen LogP contribution in [-0.4, -0.2) is 16.5 Å². The summed E-state index contributed by atoms with van der Waals surface area (Å²) in [7, 11) is 0. The largest absolute Gasteiger partial charge is 0.361 e. The molecule has 0 spiro atoms. The zero-order valence-electron chi connectivity index (χ0n) is 14.1. The van der Waals surface area contributed by atoms with Crippen molar-refractivity contribution in [3.05, 3.63) is 76.6 Å². The molecule has 4 heteroatoms. The van der Waals surface area contributed by atoms with Gasteiger partial charge in [0, 0.05) is 34.6 Å². The molecule has 2 aromatic carbocycles. The SMILES string of the molecule is Cc1ccc2cc(CNCCc3c[nH]c4ccccc34)c(Cl)nc2c1. The van der Waals surface area contributed by atoms with E-state index in [2.05, 4.69) is 76.9 Å². The molecule has 25 heavy (non-hydrogen) atoms. The Bertz CT molecular complexity index is 1040. The number of aromatic amines is 1. The summed E-state index contributed by atoms with van der Waals surface area (Å²) in [6.45, 7) is 3.68. The summed E-state index contributed by atoms with van der Waals surface area (Å²) in [5, 5.41) is 6.49. The maximum Gasteiger partial charge on any atom is 0.134 e. The minimum atomic E-state index is 0.581. The summed E-state index contributed by atoms with van der Waals surface area (Å²) < 4.78 is 0. The molecule has 0 aliphatic rings. The van der Waals surface area contributed by atoms with Crippen molar-refractivity contribution in [3.8, 4) is 0 Å². The number of fused-ring (bicyclic) bond motifs is 2. The summed E-state index contributed by atoms with van der Waals surface area (Å²) in [6.07, 6.45) is 3.07. The van der Waals surface area contributed by atoms with Crippen LogP contribution in [0.4, 0.5) is 0 Å². The minimum Gasteiger partial charge on any atom is -0.361 e. The molecule has 0 aliphatic carbocycles. The van der Waals surface area contributed by atoms with E-state index in [9.17, 15) is 0 Å². The highest BCUT2D eigenvalue weighted by atomic mass is 35.5. The third-order valence-corrected chi connectivity index (χ3v) is 4.89. The molecule has 4 rings (SSSR count). The first-order chi connectivity index (χ1) is 12.2. The molecule has 2 aromatic heterocycles. The number of rotatable bonds is 5. The third kappa shape index (κ3) is 3.39. The van der Waals surface area contributed by atoms with Crippen molar-refractivity contribution in [2.45, 2.75) is 19.9 Å². The molecule has 0 fully saturated rings. The van der Waals surface area contributed by atoms with E-state index in [1.807, 2.05) is 0 Å². The van der Waals surface area contributed by atoms with E-state index >= 15 is 0 Å². The summed E-state index contributed by atoms with van der Waals surface area (Å²) in [5.41, 5.74) is 5.71. The van der Waals surface area contributed by atoms with Gasteiger partial charge in [-0.25, -0.2) is 4.98 Å². The first kappa shape index (κ1) is 16.1. The van der Waals surface area contributed by atoms with Crippen molar-refractivity contribution in [1.82, 2.24) is 15.3 Å².